The molecule has 3 rings (SSSR count). The Morgan fingerprint density at radius 1 is 1.38 bits per heavy atom. The summed E-state index contributed by atoms with van der Waals surface area (Å²) in [6, 6.07) is 8.01. The minimum atomic E-state index is 0.637. The molecule has 0 amide bonds. The highest BCUT2D eigenvalue weighted by Crippen LogP contribution is 2.38. The van der Waals surface area contributed by atoms with Crippen molar-refractivity contribution in [3.8, 4) is 11.6 Å². The van der Waals surface area contributed by atoms with Gasteiger partial charge in [-0.2, -0.15) is 0 Å². The Morgan fingerprint density at radius 2 is 2.25 bits per heavy atom. The molecule has 0 radical (unpaired) electrons. The lowest BCUT2D eigenvalue weighted by molar-refractivity contribution is 0.325. The monoisotopic (exact) mass is 215 g/mol. The van der Waals surface area contributed by atoms with Crippen molar-refractivity contribution in [2.45, 2.75) is 13.3 Å². The molecule has 1 aromatic heterocycles. The maximum Gasteiger partial charge on any atom is 0.221 e. The Balaban J connectivity index is 2.29. The minimum absolute atomic E-state index is 0.637. The van der Waals surface area contributed by atoms with Crippen LogP contribution in [0.5, 0.6) is 11.6 Å². The lowest BCUT2D eigenvalue weighted by Crippen LogP contribution is -1.98. The Bertz CT molecular complexity index is 537. The zero-order valence-corrected chi connectivity index (χ0v) is 9.19. The summed E-state index contributed by atoms with van der Waals surface area (Å²) >= 11 is 0. The van der Waals surface area contributed by atoms with E-state index in [1.54, 1.807) is 0 Å². The minimum Gasteiger partial charge on any atom is -0.492 e. The molecule has 3 nitrogen and oxygen atoms in total. The van der Waals surface area contributed by atoms with Gasteiger partial charge in [-0.3, -0.25) is 0 Å². The number of benzene rings is 1. The van der Waals surface area contributed by atoms with E-state index >= 15 is 0 Å². The summed E-state index contributed by atoms with van der Waals surface area (Å²) in [5.41, 5.74) is 2.05. The van der Waals surface area contributed by atoms with Gasteiger partial charge in [-0.25, -0.2) is 4.98 Å². The number of fused-ring (bicyclic) bond motifs is 3. The molecule has 0 N–H and O–H groups in total. The van der Waals surface area contributed by atoms with Gasteiger partial charge in [0.2, 0.25) is 5.88 Å². The van der Waals surface area contributed by atoms with Gasteiger partial charge in [-0.05, 0) is 19.1 Å². The van der Waals surface area contributed by atoms with Crippen molar-refractivity contribution < 1.29 is 9.47 Å². The van der Waals surface area contributed by atoms with Crippen LogP contribution in [0.4, 0.5) is 0 Å². The normalized spacial score (nSPS) is 13.6. The first-order valence-electron chi connectivity index (χ1n) is 5.57. The van der Waals surface area contributed by atoms with E-state index in [2.05, 4.69) is 4.98 Å². The zero-order valence-electron chi connectivity index (χ0n) is 9.19. The molecule has 2 heterocycles. The van der Waals surface area contributed by atoms with Gasteiger partial charge >= 0.3 is 0 Å². The summed E-state index contributed by atoms with van der Waals surface area (Å²) in [6.07, 6.45) is 0.891. The van der Waals surface area contributed by atoms with E-state index in [1.165, 1.54) is 0 Å². The van der Waals surface area contributed by atoms with E-state index in [0.717, 1.165) is 41.1 Å². The molecule has 2 aromatic rings. The molecule has 0 fully saturated rings. The summed E-state index contributed by atoms with van der Waals surface area (Å²) in [5.74, 6) is 1.68. The number of nitrogens with zero attached hydrogens (tertiary/aromatic N) is 1. The number of ether oxygens (including phenoxy) is 2. The van der Waals surface area contributed by atoms with Crippen LogP contribution in [0.2, 0.25) is 0 Å². The van der Waals surface area contributed by atoms with Gasteiger partial charge in [0.05, 0.1) is 24.3 Å². The van der Waals surface area contributed by atoms with Gasteiger partial charge in [-0.1, -0.05) is 12.1 Å². The van der Waals surface area contributed by atoms with Gasteiger partial charge in [0.25, 0.3) is 0 Å². The number of pyridine rings is 1. The van der Waals surface area contributed by atoms with Crippen LogP contribution < -0.4 is 9.47 Å². The maximum absolute atomic E-state index is 5.68. The van der Waals surface area contributed by atoms with Crippen molar-refractivity contribution in [1.82, 2.24) is 4.98 Å². The van der Waals surface area contributed by atoms with Crippen molar-refractivity contribution in [2.75, 3.05) is 13.2 Å². The van der Waals surface area contributed by atoms with Crippen LogP contribution in [0.25, 0.3) is 10.9 Å². The summed E-state index contributed by atoms with van der Waals surface area (Å²) in [4.78, 5) is 4.53. The summed E-state index contributed by atoms with van der Waals surface area (Å²) in [6.45, 7) is 3.34. The van der Waals surface area contributed by atoms with Gasteiger partial charge in [0.1, 0.15) is 5.75 Å². The molecular weight excluding hydrogens is 202 g/mol. The predicted octanol–water partition coefficient (Wildman–Crippen LogP) is 2.57. The third kappa shape index (κ3) is 1.32. The maximum atomic E-state index is 5.68. The van der Waals surface area contributed by atoms with Crippen LogP contribution in [0.15, 0.2) is 24.3 Å². The van der Waals surface area contributed by atoms with Gasteiger partial charge < -0.3 is 9.47 Å². The third-order valence-electron chi connectivity index (χ3n) is 2.78. The van der Waals surface area contributed by atoms with E-state index in [-0.39, 0.29) is 0 Å². The fraction of sp³-hybridized carbons (Fsp3) is 0.308. The van der Waals surface area contributed by atoms with Crippen LogP contribution in [-0.2, 0) is 6.42 Å². The number of hydrogen-bond donors (Lipinski definition) is 0. The first-order chi connectivity index (χ1) is 7.90. The lowest BCUT2D eigenvalue weighted by Gasteiger charge is -2.09. The van der Waals surface area contributed by atoms with Gasteiger partial charge in [0, 0.05) is 11.8 Å². The molecule has 0 saturated heterocycles. The van der Waals surface area contributed by atoms with Crippen molar-refractivity contribution >= 4 is 10.9 Å². The fourth-order valence-corrected chi connectivity index (χ4v) is 2.10. The molecule has 0 saturated carbocycles. The third-order valence-corrected chi connectivity index (χ3v) is 2.78. The fourth-order valence-electron chi connectivity index (χ4n) is 2.10. The number of aromatic nitrogens is 1. The zero-order chi connectivity index (χ0) is 11.0. The highest BCUT2D eigenvalue weighted by Gasteiger charge is 2.21. The topological polar surface area (TPSA) is 31.4 Å². The van der Waals surface area contributed by atoms with Crippen molar-refractivity contribution in [2.24, 2.45) is 0 Å². The summed E-state index contributed by atoms with van der Waals surface area (Å²) in [5, 5.41) is 1.08. The van der Waals surface area contributed by atoms with E-state index in [0.29, 0.717) is 6.61 Å². The van der Waals surface area contributed by atoms with Crippen LogP contribution in [-0.4, -0.2) is 18.2 Å². The second-order valence-electron chi connectivity index (χ2n) is 3.77. The molecule has 0 unspecified atom stereocenters. The van der Waals surface area contributed by atoms with Crippen LogP contribution in [0.3, 0.4) is 0 Å². The second kappa shape index (κ2) is 3.67. The van der Waals surface area contributed by atoms with Crippen molar-refractivity contribution in [1.29, 1.82) is 0 Å². The standard InChI is InChI=1S/C13H13NO2/c1-2-15-13-10-7-8-16-12(10)9-5-3-4-6-11(9)14-13/h3-6H,2,7-8H2,1H3. The van der Waals surface area contributed by atoms with E-state index in [9.17, 15) is 0 Å². The molecular formula is C13H13NO2. The first-order valence-corrected chi connectivity index (χ1v) is 5.57. The first kappa shape index (κ1) is 9.46. The largest absolute Gasteiger partial charge is 0.492 e. The molecule has 0 aliphatic carbocycles. The van der Waals surface area contributed by atoms with Gasteiger partial charge in [-0.15, -0.1) is 0 Å². The quantitative estimate of drug-likeness (QED) is 0.771. The highest BCUT2D eigenvalue weighted by atomic mass is 16.5. The van der Waals surface area contributed by atoms with E-state index in [4.69, 9.17) is 9.47 Å². The Hall–Kier alpha value is -1.77. The SMILES string of the molecule is CCOc1nc2ccccc2c2c1CCO2. The summed E-state index contributed by atoms with van der Waals surface area (Å²) < 4.78 is 11.2. The molecule has 0 spiro atoms. The average Bonchev–Trinajstić information content (AvgIpc) is 2.79. The molecule has 16 heavy (non-hydrogen) atoms. The molecule has 82 valence electrons. The highest BCUT2D eigenvalue weighted by molar-refractivity contribution is 5.87. The predicted molar refractivity (Wildman–Crippen MR) is 62.1 cm³/mol. The average molecular weight is 215 g/mol. The lowest BCUT2D eigenvalue weighted by atomic mass is 10.1. The van der Waals surface area contributed by atoms with Crippen LogP contribution in [0, 0.1) is 0 Å². The molecule has 0 atom stereocenters. The Kier molecular flexibility index (Phi) is 2.17. The van der Waals surface area contributed by atoms with E-state index < -0.39 is 0 Å². The van der Waals surface area contributed by atoms with Gasteiger partial charge in [0.15, 0.2) is 0 Å². The Morgan fingerprint density at radius 3 is 3.12 bits per heavy atom. The van der Waals surface area contributed by atoms with Crippen molar-refractivity contribution in [3.05, 3.63) is 29.8 Å². The Labute approximate surface area is 94.0 Å². The molecule has 1 aliphatic rings. The molecule has 0 bridgehead atoms. The smallest absolute Gasteiger partial charge is 0.221 e. The molecule has 3 heteroatoms. The van der Waals surface area contributed by atoms with Crippen molar-refractivity contribution in [3.63, 3.8) is 0 Å². The van der Waals surface area contributed by atoms with Crippen LogP contribution >= 0.6 is 0 Å². The number of hydrogen-bond acceptors (Lipinski definition) is 3. The number of para-hydroxylation sites is 1. The summed E-state index contributed by atoms with van der Waals surface area (Å²) in [7, 11) is 0. The number of rotatable bonds is 2. The molecule has 1 aromatic carbocycles. The van der Waals surface area contributed by atoms with E-state index in [1.807, 2.05) is 31.2 Å². The molecule has 1 aliphatic heterocycles. The van der Waals surface area contributed by atoms with Crippen LogP contribution in [0.1, 0.15) is 12.5 Å². The second-order valence-corrected chi connectivity index (χ2v) is 3.77.